The number of hydrogen-bond acceptors (Lipinski definition) is 6. The van der Waals surface area contributed by atoms with Gasteiger partial charge in [0.05, 0.1) is 11.4 Å². The van der Waals surface area contributed by atoms with Crippen LogP contribution in [0.15, 0.2) is 4.90 Å². The van der Waals surface area contributed by atoms with Gasteiger partial charge in [-0.15, -0.1) is 11.3 Å². The standard InChI is InChI=1S/C12H19N3O3S2/c1-3-14-11(16)9-8(13)10(20(17,18)4-2)12(19-9)15-7-5-6-7/h7,15H,3-6,13H2,1-2H3,(H,14,16). The molecule has 1 heterocycles. The fraction of sp³-hybridized carbons (Fsp3) is 0.583. The molecule has 112 valence electrons. The summed E-state index contributed by atoms with van der Waals surface area (Å²) >= 11 is 1.12. The second kappa shape index (κ2) is 5.61. The first-order valence-electron chi connectivity index (χ1n) is 6.60. The van der Waals surface area contributed by atoms with E-state index in [-0.39, 0.29) is 27.1 Å². The predicted octanol–water partition coefficient (Wildman–Crippen LogP) is 1.45. The molecule has 2 rings (SSSR count). The van der Waals surface area contributed by atoms with Crippen LogP contribution in [0, 0.1) is 0 Å². The largest absolute Gasteiger partial charge is 0.396 e. The van der Waals surface area contributed by atoms with Gasteiger partial charge in [-0.1, -0.05) is 6.92 Å². The zero-order valence-corrected chi connectivity index (χ0v) is 13.2. The molecule has 0 radical (unpaired) electrons. The van der Waals surface area contributed by atoms with Gasteiger partial charge in [0.25, 0.3) is 5.91 Å². The average molecular weight is 317 g/mol. The quantitative estimate of drug-likeness (QED) is 0.737. The number of nitrogens with one attached hydrogen (secondary N) is 2. The highest BCUT2D eigenvalue weighted by Crippen LogP contribution is 2.41. The van der Waals surface area contributed by atoms with Crippen molar-refractivity contribution in [2.24, 2.45) is 0 Å². The van der Waals surface area contributed by atoms with Crippen LogP contribution in [-0.4, -0.2) is 32.7 Å². The molecule has 0 unspecified atom stereocenters. The zero-order chi connectivity index (χ0) is 14.9. The summed E-state index contributed by atoms with van der Waals surface area (Å²) in [5.74, 6) is -0.367. The molecule has 1 aromatic rings. The first kappa shape index (κ1) is 15.1. The SMILES string of the molecule is CCNC(=O)c1sc(NC2CC2)c(S(=O)(=O)CC)c1N. The molecule has 0 saturated heterocycles. The van der Waals surface area contributed by atoms with E-state index in [0.717, 1.165) is 24.2 Å². The fourth-order valence-corrected chi connectivity index (χ4v) is 4.45. The first-order valence-corrected chi connectivity index (χ1v) is 9.07. The summed E-state index contributed by atoms with van der Waals surface area (Å²) in [4.78, 5) is 12.3. The maximum Gasteiger partial charge on any atom is 0.263 e. The lowest BCUT2D eigenvalue weighted by molar-refractivity contribution is 0.0960. The van der Waals surface area contributed by atoms with Crippen LogP contribution in [0.2, 0.25) is 0 Å². The molecular formula is C12H19N3O3S2. The zero-order valence-electron chi connectivity index (χ0n) is 11.5. The first-order chi connectivity index (χ1) is 9.40. The highest BCUT2D eigenvalue weighted by molar-refractivity contribution is 7.91. The smallest absolute Gasteiger partial charge is 0.263 e. The molecule has 8 heteroatoms. The van der Waals surface area contributed by atoms with Gasteiger partial charge >= 0.3 is 0 Å². The molecule has 1 aliphatic rings. The molecule has 0 bridgehead atoms. The highest BCUT2D eigenvalue weighted by atomic mass is 32.2. The van der Waals surface area contributed by atoms with Crippen molar-refractivity contribution < 1.29 is 13.2 Å². The molecule has 0 atom stereocenters. The summed E-state index contributed by atoms with van der Waals surface area (Å²) in [6.45, 7) is 3.84. The van der Waals surface area contributed by atoms with E-state index in [9.17, 15) is 13.2 Å². The van der Waals surface area contributed by atoms with E-state index in [4.69, 9.17) is 5.73 Å². The lowest BCUT2D eigenvalue weighted by Crippen LogP contribution is -2.22. The number of sulfone groups is 1. The summed E-state index contributed by atoms with van der Waals surface area (Å²) in [5.41, 5.74) is 5.98. The van der Waals surface area contributed by atoms with E-state index >= 15 is 0 Å². The summed E-state index contributed by atoms with van der Waals surface area (Å²) < 4.78 is 24.4. The number of amides is 1. The third-order valence-electron chi connectivity index (χ3n) is 3.05. The van der Waals surface area contributed by atoms with E-state index in [1.54, 1.807) is 13.8 Å². The van der Waals surface area contributed by atoms with Crippen LogP contribution in [0.5, 0.6) is 0 Å². The van der Waals surface area contributed by atoms with E-state index in [1.165, 1.54) is 0 Å². The molecule has 20 heavy (non-hydrogen) atoms. The molecule has 4 N–H and O–H groups in total. The monoisotopic (exact) mass is 317 g/mol. The van der Waals surface area contributed by atoms with Gasteiger partial charge in [-0.05, 0) is 19.8 Å². The maximum absolute atomic E-state index is 12.2. The second-order valence-electron chi connectivity index (χ2n) is 4.68. The number of hydrogen-bond donors (Lipinski definition) is 3. The third kappa shape index (κ3) is 2.90. The average Bonchev–Trinajstić information content (AvgIpc) is 3.12. The van der Waals surface area contributed by atoms with Crippen molar-refractivity contribution in [1.82, 2.24) is 5.32 Å². The molecule has 1 aromatic heterocycles. The molecule has 0 aromatic carbocycles. The Morgan fingerprint density at radius 2 is 2.05 bits per heavy atom. The van der Waals surface area contributed by atoms with Gasteiger partial charge in [0, 0.05) is 12.6 Å². The lowest BCUT2D eigenvalue weighted by atomic mass is 10.3. The molecule has 1 saturated carbocycles. The molecule has 1 fully saturated rings. The predicted molar refractivity (Wildman–Crippen MR) is 81.1 cm³/mol. The maximum atomic E-state index is 12.2. The van der Waals surface area contributed by atoms with Gasteiger partial charge in [0.2, 0.25) is 0 Å². The minimum atomic E-state index is -3.46. The molecule has 1 amide bonds. The van der Waals surface area contributed by atoms with Crippen LogP contribution in [0.25, 0.3) is 0 Å². The third-order valence-corrected chi connectivity index (χ3v) is 6.12. The number of nitrogen functional groups attached to an aromatic ring is 1. The van der Waals surface area contributed by atoms with Gasteiger partial charge in [-0.25, -0.2) is 8.42 Å². The van der Waals surface area contributed by atoms with Gasteiger partial charge < -0.3 is 16.4 Å². The molecular weight excluding hydrogens is 298 g/mol. The molecule has 0 spiro atoms. The summed E-state index contributed by atoms with van der Waals surface area (Å²) in [6, 6.07) is 0.293. The Bertz CT molecular complexity index is 618. The minimum Gasteiger partial charge on any atom is -0.396 e. The topological polar surface area (TPSA) is 101 Å². The number of carbonyl (C=O) groups is 1. The Morgan fingerprint density at radius 3 is 2.55 bits per heavy atom. The Morgan fingerprint density at radius 1 is 1.40 bits per heavy atom. The molecule has 6 nitrogen and oxygen atoms in total. The van der Waals surface area contributed by atoms with Gasteiger partial charge in [0.1, 0.15) is 14.8 Å². The van der Waals surface area contributed by atoms with Crippen LogP contribution >= 0.6 is 11.3 Å². The van der Waals surface area contributed by atoms with Crippen molar-refractivity contribution in [1.29, 1.82) is 0 Å². The lowest BCUT2D eigenvalue weighted by Gasteiger charge is -2.06. The van der Waals surface area contributed by atoms with Crippen molar-refractivity contribution in [2.45, 2.75) is 37.6 Å². The molecule has 1 aliphatic carbocycles. The van der Waals surface area contributed by atoms with E-state index in [1.807, 2.05) is 0 Å². The number of rotatable bonds is 6. The van der Waals surface area contributed by atoms with Gasteiger partial charge in [-0.2, -0.15) is 0 Å². The fourth-order valence-electron chi connectivity index (χ4n) is 1.80. The second-order valence-corrected chi connectivity index (χ2v) is 7.92. The number of anilines is 2. The van der Waals surface area contributed by atoms with Crippen LogP contribution in [0.1, 0.15) is 36.4 Å². The number of nitrogens with two attached hydrogens (primary N) is 1. The van der Waals surface area contributed by atoms with Gasteiger partial charge in [-0.3, -0.25) is 4.79 Å². The number of carbonyl (C=O) groups excluding carboxylic acids is 1. The van der Waals surface area contributed by atoms with E-state index in [0.29, 0.717) is 17.6 Å². The summed E-state index contributed by atoms with van der Waals surface area (Å²) in [6.07, 6.45) is 2.03. The number of thiophene rings is 1. The summed E-state index contributed by atoms with van der Waals surface area (Å²) in [5, 5.41) is 6.31. The Labute approximate surface area is 122 Å². The normalized spacial score (nSPS) is 15.1. The Hall–Kier alpha value is -1.28. The van der Waals surface area contributed by atoms with Crippen LogP contribution in [0.3, 0.4) is 0 Å². The summed E-state index contributed by atoms with van der Waals surface area (Å²) in [7, 11) is -3.46. The van der Waals surface area contributed by atoms with E-state index < -0.39 is 9.84 Å². The van der Waals surface area contributed by atoms with Crippen molar-refractivity contribution >= 4 is 37.8 Å². The van der Waals surface area contributed by atoms with Crippen LogP contribution in [-0.2, 0) is 9.84 Å². The van der Waals surface area contributed by atoms with Crippen molar-refractivity contribution in [2.75, 3.05) is 23.3 Å². The van der Waals surface area contributed by atoms with E-state index in [2.05, 4.69) is 10.6 Å². The van der Waals surface area contributed by atoms with Crippen molar-refractivity contribution in [3.05, 3.63) is 4.88 Å². The highest BCUT2D eigenvalue weighted by Gasteiger charge is 2.31. The van der Waals surface area contributed by atoms with Crippen LogP contribution in [0.4, 0.5) is 10.7 Å². The Kier molecular flexibility index (Phi) is 4.24. The van der Waals surface area contributed by atoms with Crippen LogP contribution < -0.4 is 16.4 Å². The Balaban J connectivity index is 2.48. The minimum absolute atomic E-state index is 0.0396. The van der Waals surface area contributed by atoms with Crippen molar-refractivity contribution in [3.8, 4) is 0 Å². The molecule has 0 aliphatic heterocycles. The van der Waals surface area contributed by atoms with Gasteiger partial charge in [0.15, 0.2) is 9.84 Å². The van der Waals surface area contributed by atoms with Crippen molar-refractivity contribution in [3.63, 3.8) is 0 Å².